The van der Waals surface area contributed by atoms with E-state index in [1.807, 2.05) is 0 Å². The predicted octanol–water partition coefficient (Wildman–Crippen LogP) is 0.000300. The minimum atomic E-state index is -1.14. The van der Waals surface area contributed by atoms with Gasteiger partial charge in [0.2, 0.25) is 12.3 Å². The molecular weight excluding hydrogens is 230 g/mol. The lowest BCUT2D eigenvalue weighted by molar-refractivity contribution is -0.504. The number of rotatable bonds is 3. The summed E-state index contributed by atoms with van der Waals surface area (Å²) in [5.74, 6) is -1.77. The van der Waals surface area contributed by atoms with Crippen LogP contribution in [0.3, 0.4) is 0 Å². The predicted molar refractivity (Wildman–Crippen MR) is 55.0 cm³/mol. The van der Waals surface area contributed by atoms with Crippen molar-refractivity contribution in [1.82, 2.24) is 0 Å². The van der Waals surface area contributed by atoms with Gasteiger partial charge in [-0.15, -0.1) is 0 Å². The number of fused-ring (bicyclic) bond motifs is 1. The van der Waals surface area contributed by atoms with Gasteiger partial charge in [0, 0.05) is 24.9 Å². The van der Waals surface area contributed by atoms with Crippen molar-refractivity contribution < 1.29 is 23.9 Å². The minimum absolute atomic E-state index is 0.0416. The number of methoxy groups -OCH3 is 1. The standard InChI is InChI=1S/C10H15NO6/c1-15-10-7(6-11(13)14)4-8(12)5-9(10)16-2-3-17-10/h7,9H,2-6H2,1H3/t7-,9+,10-/m1/s1. The molecule has 0 N–H and O–H groups in total. The summed E-state index contributed by atoms with van der Waals surface area (Å²) in [7, 11) is 1.43. The van der Waals surface area contributed by atoms with E-state index in [1.165, 1.54) is 7.11 Å². The lowest BCUT2D eigenvalue weighted by atomic mass is 9.79. The van der Waals surface area contributed by atoms with Gasteiger partial charge in [-0.2, -0.15) is 0 Å². The highest BCUT2D eigenvalue weighted by Gasteiger charge is 2.56. The third-order valence-electron chi connectivity index (χ3n) is 3.32. The van der Waals surface area contributed by atoms with Crippen LogP contribution in [-0.2, 0) is 19.0 Å². The van der Waals surface area contributed by atoms with Crippen molar-refractivity contribution >= 4 is 5.78 Å². The largest absolute Gasteiger partial charge is 0.370 e. The van der Waals surface area contributed by atoms with Gasteiger partial charge in [0.1, 0.15) is 11.9 Å². The molecule has 1 saturated heterocycles. The van der Waals surface area contributed by atoms with Crippen LogP contribution in [0, 0.1) is 16.0 Å². The fourth-order valence-corrected chi connectivity index (χ4v) is 2.62. The van der Waals surface area contributed by atoms with Crippen molar-refractivity contribution in [2.45, 2.75) is 24.7 Å². The van der Waals surface area contributed by atoms with Crippen LogP contribution in [0.2, 0.25) is 0 Å². The molecule has 7 nitrogen and oxygen atoms in total. The molecule has 1 saturated carbocycles. The summed E-state index contributed by atoms with van der Waals surface area (Å²) in [5.41, 5.74) is 0. The van der Waals surface area contributed by atoms with E-state index in [4.69, 9.17) is 14.2 Å². The molecule has 2 aliphatic rings. The highest BCUT2D eigenvalue weighted by atomic mass is 16.7. The molecule has 0 unspecified atom stereocenters. The number of nitro groups is 1. The molecule has 3 atom stereocenters. The first kappa shape index (κ1) is 12.4. The smallest absolute Gasteiger partial charge is 0.212 e. The lowest BCUT2D eigenvalue weighted by Crippen LogP contribution is -2.62. The van der Waals surface area contributed by atoms with Crippen molar-refractivity contribution in [3.05, 3.63) is 10.1 Å². The van der Waals surface area contributed by atoms with Crippen LogP contribution in [0.5, 0.6) is 0 Å². The molecule has 0 amide bonds. The van der Waals surface area contributed by atoms with Crippen LogP contribution < -0.4 is 0 Å². The normalized spacial score (nSPS) is 37.6. The second kappa shape index (κ2) is 4.67. The van der Waals surface area contributed by atoms with Crippen LogP contribution in [0.25, 0.3) is 0 Å². The van der Waals surface area contributed by atoms with E-state index in [1.54, 1.807) is 0 Å². The van der Waals surface area contributed by atoms with Crippen molar-refractivity contribution in [3.8, 4) is 0 Å². The molecule has 0 bridgehead atoms. The third kappa shape index (κ3) is 2.18. The zero-order chi connectivity index (χ0) is 12.5. The van der Waals surface area contributed by atoms with Crippen molar-refractivity contribution in [2.24, 2.45) is 5.92 Å². The van der Waals surface area contributed by atoms with Crippen LogP contribution in [-0.4, -0.2) is 49.5 Å². The van der Waals surface area contributed by atoms with E-state index in [0.29, 0.717) is 13.2 Å². The number of carbonyl (C=O) groups is 1. The summed E-state index contributed by atoms with van der Waals surface area (Å²) >= 11 is 0. The molecule has 1 aliphatic carbocycles. The molecule has 2 fully saturated rings. The first-order valence-corrected chi connectivity index (χ1v) is 5.52. The highest BCUT2D eigenvalue weighted by molar-refractivity contribution is 5.80. The summed E-state index contributed by atoms with van der Waals surface area (Å²) in [6, 6.07) is 0. The molecule has 0 radical (unpaired) electrons. The van der Waals surface area contributed by atoms with Gasteiger partial charge in [-0.25, -0.2) is 0 Å². The highest BCUT2D eigenvalue weighted by Crippen LogP contribution is 2.40. The summed E-state index contributed by atoms with van der Waals surface area (Å²) in [6.07, 6.45) is -0.232. The number of hydrogen-bond acceptors (Lipinski definition) is 6. The summed E-state index contributed by atoms with van der Waals surface area (Å²) < 4.78 is 16.4. The minimum Gasteiger partial charge on any atom is -0.370 e. The van der Waals surface area contributed by atoms with E-state index in [2.05, 4.69) is 0 Å². The quantitative estimate of drug-likeness (QED) is 0.513. The zero-order valence-corrected chi connectivity index (χ0v) is 9.59. The Morgan fingerprint density at radius 3 is 2.94 bits per heavy atom. The SMILES string of the molecule is CO[C@]12OCCO[C@H]1CC(=O)C[C@@H]2C[N+](=O)[O-]. The van der Waals surface area contributed by atoms with E-state index < -0.39 is 22.7 Å². The Bertz CT molecular complexity index is 331. The molecule has 2 rings (SSSR count). The fourth-order valence-electron chi connectivity index (χ4n) is 2.62. The molecule has 17 heavy (non-hydrogen) atoms. The van der Waals surface area contributed by atoms with Crippen LogP contribution in [0.1, 0.15) is 12.8 Å². The molecule has 96 valence electrons. The molecule has 1 heterocycles. The Labute approximate surface area is 98.2 Å². The van der Waals surface area contributed by atoms with Gasteiger partial charge >= 0.3 is 0 Å². The molecule has 0 spiro atoms. The number of nitrogens with zero attached hydrogens (tertiary/aromatic N) is 1. The molecule has 1 aliphatic heterocycles. The van der Waals surface area contributed by atoms with Crippen molar-refractivity contribution in [2.75, 3.05) is 26.9 Å². The maximum absolute atomic E-state index is 11.6. The molecule has 7 heteroatoms. The van der Waals surface area contributed by atoms with Gasteiger partial charge in [-0.05, 0) is 0 Å². The monoisotopic (exact) mass is 245 g/mol. The van der Waals surface area contributed by atoms with Gasteiger partial charge in [0.05, 0.1) is 19.1 Å². The maximum atomic E-state index is 11.6. The number of hydrogen-bond donors (Lipinski definition) is 0. The number of carbonyl (C=O) groups excluding carboxylic acids is 1. The van der Waals surface area contributed by atoms with Gasteiger partial charge in [-0.3, -0.25) is 14.9 Å². The number of ketones is 1. The Kier molecular flexibility index (Phi) is 3.41. The van der Waals surface area contributed by atoms with Gasteiger partial charge in [0.15, 0.2) is 0 Å². The summed E-state index contributed by atoms with van der Waals surface area (Å²) in [6.45, 7) is 0.362. The Balaban J connectivity index is 2.25. The lowest BCUT2D eigenvalue weighted by Gasteiger charge is -2.47. The zero-order valence-electron chi connectivity index (χ0n) is 9.59. The number of ether oxygens (including phenoxy) is 3. The van der Waals surface area contributed by atoms with Crippen LogP contribution in [0.15, 0.2) is 0 Å². The fraction of sp³-hybridized carbons (Fsp3) is 0.900. The summed E-state index contributed by atoms with van der Waals surface area (Å²) in [5, 5.41) is 10.6. The van der Waals surface area contributed by atoms with Gasteiger partial charge < -0.3 is 14.2 Å². The average Bonchev–Trinajstić information content (AvgIpc) is 2.28. The third-order valence-corrected chi connectivity index (χ3v) is 3.32. The number of Topliss-reactive ketones (excluding diaryl/α,β-unsaturated/α-hetero) is 1. The van der Waals surface area contributed by atoms with Crippen molar-refractivity contribution in [3.63, 3.8) is 0 Å². The second-order valence-electron chi connectivity index (χ2n) is 4.29. The molecule has 0 aromatic heterocycles. The molecule has 0 aromatic carbocycles. The van der Waals surface area contributed by atoms with Gasteiger partial charge in [0.25, 0.3) is 0 Å². The average molecular weight is 245 g/mol. The summed E-state index contributed by atoms with van der Waals surface area (Å²) in [4.78, 5) is 21.8. The van der Waals surface area contributed by atoms with Crippen LogP contribution in [0.4, 0.5) is 0 Å². The first-order chi connectivity index (χ1) is 8.08. The molecule has 0 aromatic rings. The van der Waals surface area contributed by atoms with E-state index >= 15 is 0 Å². The Morgan fingerprint density at radius 1 is 1.53 bits per heavy atom. The molecular formula is C10H15NO6. The van der Waals surface area contributed by atoms with Crippen molar-refractivity contribution in [1.29, 1.82) is 0 Å². The Hall–Kier alpha value is -1.05. The maximum Gasteiger partial charge on any atom is 0.212 e. The van der Waals surface area contributed by atoms with E-state index in [9.17, 15) is 14.9 Å². The first-order valence-electron chi connectivity index (χ1n) is 5.52. The topological polar surface area (TPSA) is 87.9 Å². The van der Waals surface area contributed by atoms with Crippen LogP contribution >= 0.6 is 0 Å². The van der Waals surface area contributed by atoms with Gasteiger partial charge in [-0.1, -0.05) is 0 Å². The second-order valence-corrected chi connectivity index (χ2v) is 4.29. The van der Waals surface area contributed by atoms with E-state index in [0.717, 1.165) is 0 Å². The Morgan fingerprint density at radius 2 is 2.29 bits per heavy atom. The van der Waals surface area contributed by atoms with E-state index in [-0.39, 0.29) is 25.2 Å².